The average molecular weight is 405 g/mol. The van der Waals surface area contributed by atoms with Gasteiger partial charge in [0.05, 0.1) is 5.60 Å². The van der Waals surface area contributed by atoms with E-state index in [4.69, 9.17) is 4.52 Å². The van der Waals surface area contributed by atoms with Crippen LogP contribution in [0.15, 0.2) is 71.3 Å². The molecule has 3 aromatic rings. The number of benzene rings is 2. The zero-order chi connectivity index (χ0) is 21.0. The summed E-state index contributed by atoms with van der Waals surface area (Å²) in [6.45, 7) is 1.78. The van der Waals surface area contributed by atoms with E-state index in [-0.39, 0.29) is 11.9 Å². The monoisotopic (exact) mass is 405 g/mol. The molecule has 156 valence electrons. The summed E-state index contributed by atoms with van der Waals surface area (Å²) in [5.74, 6) is 0.864. The quantitative estimate of drug-likeness (QED) is 0.575. The lowest BCUT2D eigenvalue weighted by Gasteiger charge is -2.38. The number of aliphatic hydroxyl groups is 1. The van der Waals surface area contributed by atoms with E-state index in [1.54, 1.807) is 13.0 Å². The Balaban J connectivity index is 1.45. The van der Waals surface area contributed by atoms with Gasteiger partial charge in [0.2, 0.25) is 5.91 Å². The van der Waals surface area contributed by atoms with Gasteiger partial charge in [0.25, 0.3) is 0 Å². The lowest BCUT2D eigenvalue weighted by molar-refractivity contribution is -0.118. The minimum Gasteiger partial charge on any atom is -0.385 e. The minimum absolute atomic E-state index is 0.129. The number of hydrogen-bond donors (Lipinski definition) is 3. The van der Waals surface area contributed by atoms with Gasteiger partial charge in [0.1, 0.15) is 11.8 Å². The molecule has 3 N–H and O–H groups in total. The first-order valence-corrected chi connectivity index (χ1v) is 10.4. The topological polar surface area (TPSA) is 87.4 Å². The Morgan fingerprint density at radius 3 is 2.33 bits per heavy atom. The molecule has 0 saturated heterocycles. The first-order chi connectivity index (χ1) is 14.5. The Hall–Kier alpha value is -2.96. The Kier molecular flexibility index (Phi) is 5.97. The van der Waals surface area contributed by atoms with Crippen LogP contribution in [0.5, 0.6) is 0 Å². The Labute approximate surface area is 176 Å². The molecular formula is C24H27N3O3. The standard InChI is InChI=1S/C24H27N3O3/c1-17-16-21(27-30-17)26-23(28)22(18-8-4-2-5-9-18)25-20-12-14-24(29,15-13-20)19-10-6-3-7-11-19/h2-11,16,20,22,25,29H,12-15H2,1H3,(H,26,27,28). The molecule has 0 aliphatic heterocycles. The van der Waals surface area contributed by atoms with Crippen LogP contribution in [-0.2, 0) is 10.4 Å². The molecule has 1 heterocycles. The number of carbonyl (C=O) groups excluding carboxylic acids is 1. The first-order valence-electron chi connectivity index (χ1n) is 10.4. The van der Waals surface area contributed by atoms with E-state index in [0.29, 0.717) is 24.4 Å². The number of amides is 1. The molecule has 1 aliphatic carbocycles. The average Bonchev–Trinajstić information content (AvgIpc) is 3.19. The van der Waals surface area contributed by atoms with Gasteiger partial charge in [-0.25, -0.2) is 0 Å². The van der Waals surface area contributed by atoms with E-state index in [1.165, 1.54) is 0 Å². The molecule has 6 heteroatoms. The summed E-state index contributed by atoms with van der Waals surface area (Å²) in [4.78, 5) is 13.0. The van der Waals surface area contributed by atoms with Crippen LogP contribution in [0.3, 0.4) is 0 Å². The third-order valence-corrected chi connectivity index (χ3v) is 5.80. The third kappa shape index (κ3) is 4.61. The number of rotatable bonds is 6. The molecule has 1 fully saturated rings. The smallest absolute Gasteiger partial charge is 0.247 e. The summed E-state index contributed by atoms with van der Waals surface area (Å²) in [7, 11) is 0. The molecule has 2 aromatic carbocycles. The Morgan fingerprint density at radius 2 is 1.73 bits per heavy atom. The van der Waals surface area contributed by atoms with Gasteiger partial charge in [-0.3, -0.25) is 10.1 Å². The lowest BCUT2D eigenvalue weighted by Crippen LogP contribution is -2.44. The van der Waals surface area contributed by atoms with Crippen molar-refractivity contribution in [3.05, 3.63) is 83.6 Å². The number of aryl methyl sites for hydroxylation is 1. The second-order valence-corrected chi connectivity index (χ2v) is 7.99. The van der Waals surface area contributed by atoms with Crippen molar-refractivity contribution in [3.8, 4) is 0 Å². The molecule has 1 aliphatic rings. The summed E-state index contributed by atoms with van der Waals surface area (Å²) in [5, 5.41) is 21.3. The van der Waals surface area contributed by atoms with Gasteiger partial charge < -0.3 is 14.9 Å². The third-order valence-electron chi connectivity index (χ3n) is 5.80. The molecule has 1 atom stereocenters. The van der Waals surface area contributed by atoms with Crippen molar-refractivity contribution in [1.29, 1.82) is 0 Å². The summed E-state index contributed by atoms with van der Waals surface area (Å²) < 4.78 is 5.05. The molecule has 1 amide bonds. The first kappa shape index (κ1) is 20.3. The van der Waals surface area contributed by atoms with Crippen LogP contribution in [0.4, 0.5) is 5.82 Å². The summed E-state index contributed by atoms with van der Waals surface area (Å²) in [6, 6.07) is 20.8. The molecule has 30 heavy (non-hydrogen) atoms. The van der Waals surface area contributed by atoms with Crippen LogP contribution in [0.25, 0.3) is 0 Å². The van der Waals surface area contributed by atoms with Crippen LogP contribution in [-0.4, -0.2) is 22.2 Å². The Bertz CT molecular complexity index is 964. The van der Waals surface area contributed by atoms with E-state index in [2.05, 4.69) is 15.8 Å². The van der Waals surface area contributed by atoms with Crippen molar-refractivity contribution in [2.24, 2.45) is 0 Å². The highest BCUT2D eigenvalue weighted by Crippen LogP contribution is 2.37. The van der Waals surface area contributed by atoms with E-state index in [9.17, 15) is 9.90 Å². The van der Waals surface area contributed by atoms with E-state index >= 15 is 0 Å². The minimum atomic E-state index is -0.803. The molecule has 0 spiro atoms. The van der Waals surface area contributed by atoms with Crippen molar-refractivity contribution >= 4 is 11.7 Å². The molecule has 4 rings (SSSR count). The lowest BCUT2D eigenvalue weighted by atomic mass is 9.77. The molecule has 1 saturated carbocycles. The number of anilines is 1. The zero-order valence-electron chi connectivity index (χ0n) is 17.0. The van der Waals surface area contributed by atoms with Crippen LogP contribution in [0, 0.1) is 6.92 Å². The van der Waals surface area contributed by atoms with Crippen LogP contribution >= 0.6 is 0 Å². The van der Waals surface area contributed by atoms with E-state index < -0.39 is 11.6 Å². The molecule has 0 radical (unpaired) electrons. The number of hydrogen-bond acceptors (Lipinski definition) is 5. The summed E-state index contributed by atoms with van der Waals surface area (Å²) in [5.41, 5.74) is 1.05. The molecule has 1 aromatic heterocycles. The maximum atomic E-state index is 13.0. The van der Waals surface area contributed by atoms with Gasteiger partial charge >= 0.3 is 0 Å². The fourth-order valence-corrected chi connectivity index (χ4v) is 4.13. The van der Waals surface area contributed by atoms with Crippen molar-refractivity contribution in [2.45, 2.75) is 50.3 Å². The van der Waals surface area contributed by atoms with E-state index in [0.717, 1.165) is 24.0 Å². The van der Waals surface area contributed by atoms with Crippen LogP contribution < -0.4 is 10.6 Å². The predicted molar refractivity (Wildman–Crippen MR) is 115 cm³/mol. The van der Waals surface area contributed by atoms with Gasteiger partial charge in [-0.2, -0.15) is 0 Å². The largest absolute Gasteiger partial charge is 0.385 e. The highest BCUT2D eigenvalue weighted by Gasteiger charge is 2.36. The molecule has 6 nitrogen and oxygen atoms in total. The predicted octanol–water partition coefficient (Wildman–Crippen LogP) is 4.08. The fraction of sp³-hybridized carbons (Fsp3) is 0.333. The second-order valence-electron chi connectivity index (χ2n) is 7.99. The van der Waals surface area contributed by atoms with Gasteiger partial charge in [-0.15, -0.1) is 0 Å². The number of nitrogens with one attached hydrogen (secondary N) is 2. The molecular weight excluding hydrogens is 378 g/mol. The second kappa shape index (κ2) is 8.81. The number of carbonyl (C=O) groups is 1. The van der Waals surface area contributed by atoms with Crippen molar-refractivity contribution in [3.63, 3.8) is 0 Å². The van der Waals surface area contributed by atoms with Gasteiger partial charge in [0.15, 0.2) is 5.82 Å². The van der Waals surface area contributed by atoms with E-state index in [1.807, 2.05) is 60.7 Å². The van der Waals surface area contributed by atoms with Crippen molar-refractivity contribution < 1.29 is 14.4 Å². The van der Waals surface area contributed by atoms with Crippen LogP contribution in [0.2, 0.25) is 0 Å². The fourth-order valence-electron chi connectivity index (χ4n) is 4.13. The normalized spacial score (nSPS) is 22.4. The highest BCUT2D eigenvalue weighted by molar-refractivity contribution is 5.94. The van der Waals surface area contributed by atoms with Gasteiger partial charge in [0, 0.05) is 12.1 Å². The van der Waals surface area contributed by atoms with Crippen LogP contribution in [0.1, 0.15) is 48.6 Å². The number of aromatic nitrogens is 1. The molecule has 1 unspecified atom stereocenters. The van der Waals surface area contributed by atoms with Gasteiger partial charge in [-0.1, -0.05) is 65.8 Å². The summed E-state index contributed by atoms with van der Waals surface area (Å²) >= 11 is 0. The summed E-state index contributed by atoms with van der Waals surface area (Å²) in [6.07, 6.45) is 2.87. The molecule has 0 bridgehead atoms. The maximum Gasteiger partial charge on any atom is 0.247 e. The maximum absolute atomic E-state index is 13.0. The van der Waals surface area contributed by atoms with Crippen molar-refractivity contribution in [1.82, 2.24) is 10.5 Å². The Morgan fingerprint density at radius 1 is 1.10 bits per heavy atom. The highest BCUT2D eigenvalue weighted by atomic mass is 16.5. The SMILES string of the molecule is Cc1cc(NC(=O)C(NC2CCC(O)(c3ccccc3)CC2)c2ccccc2)no1. The number of nitrogens with zero attached hydrogens (tertiary/aromatic N) is 1. The van der Waals surface area contributed by atoms with Crippen molar-refractivity contribution in [2.75, 3.05) is 5.32 Å². The van der Waals surface area contributed by atoms with Gasteiger partial charge in [-0.05, 0) is 43.7 Å². The zero-order valence-corrected chi connectivity index (χ0v) is 17.0.